The van der Waals surface area contributed by atoms with E-state index in [2.05, 4.69) is 108 Å². The summed E-state index contributed by atoms with van der Waals surface area (Å²) in [7, 11) is -6.77. The van der Waals surface area contributed by atoms with Gasteiger partial charge >= 0.3 is 0 Å². The molecule has 192 valence electrons. The number of hydrogen-bond donors (Lipinski definition) is 0. The highest BCUT2D eigenvalue weighted by molar-refractivity contribution is 6.76. The third-order valence-electron chi connectivity index (χ3n) is 7.92. The van der Waals surface area contributed by atoms with Gasteiger partial charge in [-0.3, -0.25) is 4.79 Å². The minimum absolute atomic E-state index is 0.0250. The first kappa shape index (κ1) is 30.5. The van der Waals surface area contributed by atoms with E-state index in [0.29, 0.717) is 22.8 Å². The van der Waals surface area contributed by atoms with Gasteiger partial charge in [-0.15, -0.1) is 6.42 Å². The van der Waals surface area contributed by atoms with E-state index in [4.69, 9.17) is 19.7 Å². The number of hydrogen-bond acceptors (Lipinski definition) is 4. The first-order chi connectivity index (χ1) is 14.9. The lowest BCUT2D eigenvalue weighted by Gasteiger charge is -2.42. The van der Waals surface area contributed by atoms with E-state index in [-0.39, 0.29) is 20.9 Å². The molecule has 1 aromatic carbocycles. The van der Waals surface area contributed by atoms with Gasteiger partial charge in [0.25, 0.3) is 25.0 Å². The molecule has 0 aliphatic rings. The Labute approximate surface area is 212 Å². The van der Waals surface area contributed by atoms with Crippen molar-refractivity contribution < 1.29 is 18.1 Å². The van der Waals surface area contributed by atoms with Gasteiger partial charge in [-0.25, -0.2) is 0 Å². The van der Waals surface area contributed by atoms with Crippen molar-refractivity contribution in [1.82, 2.24) is 0 Å². The lowest BCUT2D eigenvalue weighted by molar-refractivity contribution is 0.105. The first-order valence-electron chi connectivity index (χ1n) is 12.1. The summed E-state index contributed by atoms with van der Waals surface area (Å²) < 4.78 is 20.5. The molecular weight excluding hydrogens is 473 g/mol. The van der Waals surface area contributed by atoms with Crippen molar-refractivity contribution in [3.05, 3.63) is 17.7 Å². The topological polar surface area (TPSA) is 44.8 Å². The van der Waals surface area contributed by atoms with E-state index in [0.717, 1.165) is 0 Å². The number of terminal acetylenes is 1. The number of carbonyl (C=O) groups is 1. The smallest absolute Gasteiger partial charge is 0.250 e. The Kier molecular flexibility index (Phi) is 8.54. The monoisotopic (exact) mass is 520 g/mol. The zero-order valence-corrected chi connectivity index (χ0v) is 27.4. The molecule has 0 radical (unpaired) electrons. The number of ketones is 1. The minimum atomic E-state index is -2.26. The van der Waals surface area contributed by atoms with Gasteiger partial charge in [0.2, 0.25) is 5.78 Å². The highest BCUT2D eigenvalue weighted by Crippen LogP contribution is 2.49. The fourth-order valence-corrected chi connectivity index (χ4v) is 5.34. The fraction of sp³-hybridized carbons (Fsp3) is 0.667. The van der Waals surface area contributed by atoms with Crippen molar-refractivity contribution in [2.45, 2.75) is 117 Å². The molecule has 0 unspecified atom stereocenters. The van der Waals surface area contributed by atoms with Crippen LogP contribution in [-0.4, -0.2) is 30.7 Å². The van der Waals surface area contributed by atoms with Gasteiger partial charge in [0.15, 0.2) is 5.75 Å². The van der Waals surface area contributed by atoms with Crippen LogP contribution in [0.1, 0.15) is 72.7 Å². The maximum absolute atomic E-state index is 12.6. The van der Waals surface area contributed by atoms with Crippen LogP contribution < -0.4 is 13.3 Å². The predicted molar refractivity (Wildman–Crippen MR) is 153 cm³/mol. The van der Waals surface area contributed by atoms with Crippen LogP contribution in [0.2, 0.25) is 54.4 Å². The summed E-state index contributed by atoms with van der Waals surface area (Å²) in [6, 6.07) is 3.51. The van der Waals surface area contributed by atoms with Gasteiger partial charge in [-0.05, 0) is 72.5 Å². The molecule has 0 saturated heterocycles. The molecule has 1 aromatic rings. The summed E-state index contributed by atoms with van der Waals surface area (Å²) in [4.78, 5) is 12.6. The summed E-state index contributed by atoms with van der Waals surface area (Å²) in [6.07, 6.45) is 5.51. The normalized spacial score (nSPS) is 13.8. The van der Waals surface area contributed by atoms with Crippen molar-refractivity contribution in [1.29, 1.82) is 0 Å². The lowest BCUT2D eigenvalue weighted by atomic mass is 10.1. The fourth-order valence-electron chi connectivity index (χ4n) is 2.31. The van der Waals surface area contributed by atoms with Crippen LogP contribution in [0.15, 0.2) is 12.1 Å². The Balaban J connectivity index is 3.97. The van der Waals surface area contributed by atoms with Crippen LogP contribution in [0.4, 0.5) is 0 Å². The number of Topliss-reactive ketones (excluding diaryl/α,β-unsaturated/α-hetero) is 1. The van der Waals surface area contributed by atoms with Crippen molar-refractivity contribution in [2.24, 2.45) is 0 Å². The maximum Gasteiger partial charge on any atom is 0.250 e. The quantitative estimate of drug-likeness (QED) is 0.156. The summed E-state index contributed by atoms with van der Waals surface area (Å²) in [6.45, 7) is 32.9. The Bertz CT molecular complexity index is 901. The molecule has 0 heterocycles. The Morgan fingerprint density at radius 3 is 1.24 bits per heavy atom. The molecule has 0 aromatic heterocycles. The molecule has 0 amide bonds. The Hall–Kier alpha value is -1.50. The van der Waals surface area contributed by atoms with Crippen LogP contribution in [0.5, 0.6) is 17.2 Å². The molecule has 34 heavy (non-hydrogen) atoms. The first-order valence-corrected chi connectivity index (χ1v) is 20.8. The zero-order valence-electron chi connectivity index (χ0n) is 24.4. The van der Waals surface area contributed by atoms with Crippen molar-refractivity contribution in [3.8, 4) is 29.6 Å². The molecule has 4 nitrogen and oxygen atoms in total. The molecular formula is C27H48O4Si3. The molecule has 0 aliphatic heterocycles. The molecule has 0 aliphatic carbocycles. The van der Waals surface area contributed by atoms with Gasteiger partial charge in [0.05, 0.1) is 0 Å². The van der Waals surface area contributed by atoms with Gasteiger partial charge in [-0.1, -0.05) is 62.3 Å². The van der Waals surface area contributed by atoms with E-state index in [1.807, 2.05) is 0 Å². The largest absolute Gasteiger partial charge is 0.541 e. The number of benzene rings is 1. The molecule has 0 N–H and O–H groups in total. The summed E-state index contributed by atoms with van der Waals surface area (Å²) >= 11 is 0. The Morgan fingerprint density at radius 2 is 0.971 bits per heavy atom. The average Bonchev–Trinajstić information content (AvgIpc) is 2.59. The van der Waals surface area contributed by atoms with Crippen molar-refractivity contribution in [3.63, 3.8) is 0 Å². The molecule has 0 bridgehead atoms. The third kappa shape index (κ3) is 6.80. The van der Waals surface area contributed by atoms with E-state index >= 15 is 0 Å². The second kappa shape index (κ2) is 9.51. The van der Waals surface area contributed by atoms with Gasteiger partial charge in [0.1, 0.15) is 11.5 Å². The highest BCUT2D eigenvalue weighted by atomic mass is 28.4. The van der Waals surface area contributed by atoms with Crippen LogP contribution in [0.25, 0.3) is 0 Å². The number of rotatable bonds is 7. The predicted octanol–water partition coefficient (Wildman–Crippen LogP) is 8.65. The molecule has 1 rings (SSSR count). The van der Waals surface area contributed by atoms with E-state index in [9.17, 15) is 4.79 Å². The van der Waals surface area contributed by atoms with E-state index < -0.39 is 25.0 Å². The minimum Gasteiger partial charge on any atom is -0.541 e. The molecule has 0 atom stereocenters. The van der Waals surface area contributed by atoms with Gasteiger partial charge < -0.3 is 13.3 Å². The van der Waals surface area contributed by atoms with Crippen LogP contribution in [0, 0.1) is 12.3 Å². The number of carbonyl (C=O) groups excluding carboxylic acids is 1. The molecule has 0 saturated carbocycles. The summed E-state index contributed by atoms with van der Waals surface area (Å²) in [5.41, 5.74) is 0.396. The zero-order chi connectivity index (χ0) is 27.1. The second-order valence-electron chi connectivity index (χ2n) is 13.9. The SMILES string of the molecule is C#CC(=O)c1cc(O[Si](C)(C)C(C)(C)C)c(O[Si](C)(C)C(C)(C)C)c(O[Si](C)(C)C(C)(C)C)c1. The molecule has 0 spiro atoms. The molecule has 0 fully saturated rings. The van der Waals surface area contributed by atoms with E-state index in [1.54, 1.807) is 12.1 Å². The summed E-state index contributed by atoms with van der Waals surface area (Å²) in [5, 5.41) is -0.0928. The third-order valence-corrected chi connectivity index (χ3v) is 20.9. The van der Waals surface area contributed by atoms with Crippen LogP contribution in [0.3, 0.4) is 0 Å². The summed E-state index contributed by atoms with van der Waals surface area (Å²) in [5.74, 6) is 3.59. The van der Waals surface area contributed by atoms with Crippen molar-refractivity contribution >= 4 is 30.7 Å². The standard InChI is InChI=1S/C27H48O4Si3/c1-17-21(28)20-18-22(29-32(11,12)25(2,3)4)24(31-34(15,16)27(8,9)10)23(19-20)30-33(13,14)26(5,6)7/h1,18-19H,2-16H3. The van der Waals surface area contributed by atoms with Crippen LogP contribution in [-0.2, 0) is 0 Å². The van der Waals surface area contributed by atoms with Crippen molar-refractivity contribution in [2.75, 3.05) is 0 Å². The van der Waals surface area contributed by atoms with Crippen LogP contribution >= 0.6 is 0 Å². The highest BCUT2D eigenvalue weighted by Gasteiger charge is 2.45. The lowest BCUT2D eigenvalue weighted by Crippen LogP contribution is -2.47. The molecule has 7 heteroatoms. The Morgan fingerprint density at radius 1 is 0.676 bits per heavy atom. The maximum atomic E-state index is 12.6. The van der Waals surface area contributed by atoms with E-state index in [1.165, 1.54) is 0 Å². The van der Waals surface area contributed by atoms with Gasteiger partial charge in [-0.2, -0.15) is 0 Å². The van der Waals surface area contributed by atoms with Gasteiger partial charge in [0, 0.05) is 5.56 Å². The second-order valence-corrected chi connectivity index (χ2v) is 28.0. The average molecular weight is 521 g/mol.